The van der Waals surface area contributed by atoms with Crippen LogP contribution in [0, 0.1) is 20.8 Å². The molecule has 0 N–H and O–H groups in total. The second-order valence-electron chi connectivity index (χ2n) is 7.63. The molecule has 0 atom stereocenters. The topological polar surface area (TPSA) is 12.4 Å². The van der Waals surface area contributed by atoms with Gasteiger partial charge < -0.3 is 0 Å². The summed E-state index contributed by atoms with van der Waals surface area (Å²) in [5, 5.41) is 3.98. The van der Waals surface area contributed by atoms with Gasteiger partial charge in [0.2, 0.25) is 0 Å². The number of thiophene rings is 1. The highest BCUT2D eigenvalue weighted by Crippen LogP contribution is 2.50. The Morgan fingerprint density at radius 1 is 0.931 bits per heavy atom. The fraction of sp³-hybridized carbons (Fsp3) is 0.208. The van der Waals surface area contributed by atoms with Crippen molar-refractivity contribution >= 4 is 28.3 Å². The number of benzene rings is 2. The van der Waals surface area contributed by atoms with Crippen molar-refractivity contribution < 1.29 is 13.2 Å². The van der Waals surface area contributed by atoms with E-state index in [1.807, 2.05) is 41.1 Å². The zero-order chi connectivity index (χ0) is 20.5. The Morgan fingerprint density at radius 2 is 1.69 bits per heavy atom. The molecule has 2 heterocycles. The summed E-state index contributed by atoms with van der Waals surface area (Å²) in [6, 6.07) is 9.93. The van der Waals surface area contributed by atoms with Crippen LogP contribution in [0.3, 0.4) is 0 Å². The lowest BCUT2D eigenvalue weighted by Crippen LogP contribution is -2.16. The normalized spacial score (nSPS) is 15.2. The van der Waals surface area contributed by atoms with Gasteiger partial charge in [-0.15, -0.1) is 0 Å². The fourth-order valence-electron chi connectivity index (χ4n) is 4.71. The molecule has 1 aliphatic carbocycles. The van der Waals surface area contributed by atoms with Crippen molar-refractivity contribution in [3.05, 3.63) is 91.2 Å². The number of para-hydroxylation sites is 1. The van der Waals surface area contributed by atoms with Crippen molar-refractivity contribution in [3.63, 3.8) is 0 Å². The van der Waals surface area contributed by atoms with E-state index < -0.39 is 11.7 Å². The molecule has 0 unspecified atom stereocenters. The maximum Gasteiger partial charge on any atom is 0.416 e. The van der Waals surface area contributed by atoms with Crippen LogP contribution < -0.4 is 0 Å². The fourth-order valence-corrected chi connectivity index (χ4v) is 5.36. The van der Waals surface area contributed by atoms with E-state index in [2.05, 4.69) is 0 Å². The lowest BCUT2D eigenvalue weighted by molar-refractivity contribution is -0.138. The van der Waals surface area contributed by atoms with Crippen molar-refractivity contribution in [3.8, 4) is 0 Å². The first-order valence-corrected chi connectivity index (χ1v) is 10.4. The highest BCUT2D eigenvalue weighted by molar-refractivity contribution is 7.08. The lowest BCUT2D eigenvalue weighted by Gasteiger charge is -2.22. The smallest absolute Gasteiger partial charge is 0.248 e. The summed E-state index contributed by atoms with van der Waals surface area (Å²) in [6.45, 7) is 4.97. The van der Waals surface area contributed by atoms with Gasteiger partial charge in [-0.3, -0.25) is 0 Å². The summed E-state index contributed by atoms with van der Waals surface area (Å²) >= 11 is 1.55. The maximum atomic E-state index is 14.0. The number of hydrogen-bond donors (Lipinski definition) is 0. The molecule has 0 saturated carbocycles. The summed E-state index contributed by atoms with van der Waals surface area (Å²) in [5.41, 5.74) is 8.03. The average Bonchev–Trinajstić information content (AvgIpc) is 3.29. The standard InChI is InChI=1S/C24H18F3NS/c1-12-13(2)22(24(25,26)27)14(3)19-20(12)23-17(21(19)16-8-9-29-11-16)10-15-6-4-5-7-18(15)28-23/h4-9,11H,10H2,1-3H3. The molecule has 29 heavy (non-hydrogen) atoms. The van der Waals surface area contributed by atoms with Crippen LogP contribution >= 0.6 is 11.3 Å². The van der Waals surface area contributed by atoms with Crippen molar-refractivity contribution in [1.29, 1.82) is 0 Å². The van der Waals surface area contributed by atoms with E-state index in [0.29, 0.717) is 28.7 Å². The molecule has 1 aromatic heterocycles. The van der Waals surface area contributed by atoms with E-state index in [1.54, 1.807) is 32.1 Å². The minimum Gasteiger partial charge on any atom is -0.248 e. The Hall–Kier alpha value is -2.66. The predicted octanol–water partition coefficient (Wildman–Crippen LogP) is 7.18. The van der Waals surface area contributed by atoms with Gasteiger partial charge in [0.25, 0.3) is 0 Å². The molecule has 2 aliphatic rings. The largest absolute Gasteiger partial charge is 0.416 e. The van der Waals surface area contributed by atoms with Crippen molar-refractivity contribution in [1.82, 2.24) is 0 Å². The van der Waals surface area contributed by atoms with Crippen LogP contribution in [0.5, 0.6) is 0 Å². The summed E-state index contributed by atoms with van der Waals surface area (Å²) in [6.07, 6.45) is -3.72. The predicted molar refractivity (Wildman–Crippen MR) is 112 cm³/mol. The van der Waals surface area contributed by atoms with Crippen LogP contribution in [0.4, 0.5) is 18.9 Å². The third-order valence-electron chi connectivity index (χ3n) is 6.07. The van der Waals surface area contributed by atoms with Gasteiger partial charge in [-0.25, -0.2) is 4.99 Å². The SMILES string of the molecule is Cc1c(C)c(C(F)(F)F)c(C)c2c1C1=Nc3ccccc3CC1=C2c1ccsc1. The van der Waals surface area contributed by atoms with Gasteiger partial charge in [-0.05, 0) is 88.2 Å². The van der Waals surface area contributed by atoms with Crippen LogP contribution in [0.15, 0.2) is 51.7 Å². The Morgan fingerprint density at radius 3 is 2.38 bits per heavy atom. The molecular weight excluding hydrogens is 391 g/mol. The van der Waals surface area contributed by atoms with Crippen molar-refractivity contribution in [2.75, 3.05) is 0 Å². The molecule has 0 spiro atoms. The summed E-state index contributed by atoms with van der Waals surface area (Å²) in [5.74, 6) is 0. The number of fused-ring (bicyclic) bond motifs is 4. The summed E-state index contributed by atoms with van der Waals surface area (Å²) in [4.78, 5) is 4.92. The minimum atomic E-state index is -4.39. The van der Waals surface area contributed by atoms with Crippen LogP contribution in [-0.2, 0) is 12.6 Å². The van der Waals surface area contributed by atoms with Crippen LogP contribution in [-0.4, -0.2) is 5.71 Å². The lowest BCUT2D eigenvalue weighted by atomic mass is 9.86. The van der Waals surface area contributed by atoms with E-state index in [0.717, 1.165) is 39.2 Å². The van der Waals surface area contributed by atoms with Crippen molar-refractivity contribution in [2.45, 2.75) is 33.4 Å². The van der Waals surface area contributed by atoms with E-state index in [4.69, 9.17) is 4.99 Å². The first kappa shape index (κ1) is 18.4. The van der Waals surface area contributed by atoms with Crippen LogP contribution in [0.2, 0.25) is 0 Å². The monoisotopic (exact) mass is 409 g/mol. The first-order chi connectivity index (χ1) is 13.8. The Labute approximate surface area is 171 Å². The van der Waals surface area contributed by atoms with Crippen LogP contribution in [0.25, 0.3) is 5.57 Å². The van der Waals surface area contributed by atoms with Crippen molar-refractivity contribution in [2.24, 2.45) is 4.99 Å². The second kappa shape index (κ2) is 6.17. The number of rotatable bonds is 1. The Kier molecular flexibility index (Phi) is 3.91. The van der Waals surface area contributed by atoms with Gasteiger partial charge in [0.05, 0.1) is 17.0 Å². The second-order valence-corrected chi connectivity index (χ2v) is 8.41. The molecule has 0 amide bonds. The average molecular weight is 409 g/mol. The quantitative estimate of drug-likeness (QED) is 0.403. The number of aliphatic imine (C=N–C) groups is 1. The van der Waals surface area contributed by atoms with Gasteiger partial charge in [0, 0.05) is 12.0 Å². The molecule has 1 aliphatic heterocycles. The highest BCUT2D eigenvalue weighted by atomic mass is 32.1. The first-order valence-electron chi connectivity index (χ1n) is 9.43. The molecule has 0 bridgehead atoms. The molecule has 0 saturated heterocycles. The van der Waals surface area contributed by atoms with Gasteiger partial charge in [0.1, 0.15) is 0 Å². The zero-order valence-electron chi connectivity index (χ0n) is 16.2. The van der Waals surface area contributed by atoms with E-state index in [1.165, 1.54) is 0 Å². The zero-order valence-corrected chi connectivity index (χ0v) is 17.1. The number of hydrogen-bond acceptors (Lipinski definition) is 2. The molecular formula is C24H18F3NS. The highest BCUT2D eigenvalue weighted by Gasteiger charge is 2.41. The molecule has 0 radical (unpaired) electrons. The van der Waals surface area contributed by atoms with E-state index in [-0.39, 0.29) is 0 Å². The number of halogens is 3. The molecule has 0 fully saturated rings. The summed E-state index contributed by atoms with van der Waals surface area (Å²) in [7, 11) is 0. The van der Waals surface area contributed by atoms with Gasteiger partial charge in [-0.1, -0.05) is 18.2 Å². The number of allylic oxidation sites excluding steroid dienone is 1. The third-order valence-corrected chi connectivity index (χ3v) is 6.75. The van der Waals surface area contributed by atoms with Gasteiger partial charge in [0.15, 0.2) is 0 Å². The molecule has 5 heteroatoms. The maximum absolute atomic E-state index is 14.0. The van der Waals surface area contributed by atoms with Crippen LogP contribution in [0.1, 0.15) is 44.5 Å². The Balaban J connectivity index is 1.92. The summed E-state index contributed by atoms with van der Waals surface area (Å²) < 4.78 is 41.9. The Bertz CT molecular complexity index is 1230. The van der Waals surface area contributed by atoms with Gasteiger partial charge >= 0.3 is 6.18 Å². The third kappa shape index (κ3) is 2.57. The molecule has 146 valence electrons. The molecule has 1 nitrogen and oxygen atoms in total. The number of alkyl halides is 3. The molecule has 3 aromatic rings. The van der Waals surface area contributed by atoms with E-state index in [9.17, 15) is 13.2 Å². The molecule has 2 aromatic carbocycles. The van der Waals surface area contributed by atoms with E-state index >= 15 is 0 Å². The minimum absolute atomic E-state index is 0.293. The number of nitrogens with zero attached hydrogens (tertiary/aromatic N) is 1. The molecule has 5 rings (SSSR count). The van der Waals surface area contributed by atoms with Gasteiger partial charge in [-0.2, -0.15) is 24.5 Å².